The van der Waals surface area contributed by atoms with Crippen molar-refractivity contribution >= 4 is 29.5 Å². The Morgan fingerprint density at radius 3 is 0.796 bits per heavy atom. The zero-order chi connectivity index (χ0) is 107. The molecule has 6 aliphatic rings. The highest BCUT2D eigenvalue weighted by Crippen LogP contribution is 2.45. The fourth-order valence-corrected chi connectivity index (χ4v) is 19.0. The van der Waals surface area contributed by atoms with E-state index >= 15 is 0 Å². The van der Waals surface area contributed by atoms with Crippen LogP contribution in [0, 0.1) is 0 Å². The van der Waals surface area contributed by atoms with E-state index < -0.39 is 12.2 Å². The van der Waals surface area contributed by atoms with Crippen molar-refractivity contribution in [2.75, 3.05) is 146 Å². The Morgan fingerprint density at radius 2 is 0.558 bits per heavy atom. The number of aromatic hydroxyl groups is 4. The highest BCUT2D eigenvalue weighted by atomic mass is 16.6. The van der Waals surface area contributed by atoms with Crippen LogP contribution in [-0.4, -0.2) is 261 Å². The van der Waals surface area contributed by atoms with E-state index in [9.17, 15) is 64.8 Å². The summed E-state index contributed by atoms with van der Waals surface area (Å²) in [5.41, 5.74) is 22.3. The van der Waals surface area contributed by atoms with Gasteiger partial charge in [0.2, 0.25) is 0 Å². The molecule has 9 N–H and O–H groups in total. The monoisotopic (exact) mass is 2020 g/mol. The average Bonchev–Trinajstić information content (AvgIpc) is 1.68. The van der Waals surface area contributed by atoms with Crippen molar-refractivity contribution in [2.45, 2.75) is 202 Å². The fraction of sp³-hybridized carbons (Fsp3) is 0.444. The molecule has 30 nitrogen and oxygen atoms in total. The third kappa shape index (κ3) is 27.8. The number of nitrogens with zero attached hydrogens (tertiary/aromatic N) is 9. The molecular formula is C117H156N10O20. The maximum atomic E-state index is 13.4. The predicted octanol–water partition coefficient (Wildman–Crippen LogP) is 17.6. The number of hydrogen-bond donors (Lipinski definition) is 9. The number of likely N-dealkylation sites (N-methyl/N-ethyl adjacent to an activating group) is 4. The summed E-state index contributed by atoms with van der Waals surface area (Å²) < 4.78 is 38.4. The van der Waals surface area contributed by atoms with Crippen molar-refractivity contribution in [3.8, 4) is 57.5 Å². The Hall–Kier alpha value is -12.9. The highest BCUT2D eigenvalue weighted by Gasteiger charge is 2.37. The Balaban J connectivity index is 0.000000187. The van der Waals surface area contributed by atoms with Gasteiger partial charge >= 0.3 is 0 Å². The van der Waals surface area contributed by atoms with Crippen LogP contribution in [0.25, 0.3) is 0 Å². The van der Waals surface area contributed by atoms with Crippen LogP contribution in [0.15, 0.2) is 152 Å². The minimum absolute atomic E-state index is 0. The standard InChI is InChI=1S/2C24H32N2O4.2C22H28N2O4.C22H25NO4.C2H7N.CH4/c1-15(2)19-10-20(23(30-6)11-22(19)29-5)24(28)26-12-17-8-7-16(9-18(17)13-26)21(14-27)25(3)4;1-15(2)19-10-20(23(30-6)11-22(19)29-5)24(28)26-12-17-8-7-16(9-18(17)13-26)21(27)14-25(3)4;1-13(2)17-8-18(21(27)9-20(17)26)22(28)24-10-15-6-5-14(7-16(15)11-24)19(12-25)23(3)4;1-13(2)17-8-18(20(26)9-19(17)25)22(28)24-10-15-6-5-14(7-16(15)11-24)21(27)12-23(3)4;1-13(2)17-8-18(20(26-4)9-19(17)25-3)22(24)23-10-15-6-5-14(21-12-27-21)7-16(15)11-23;1-3-2;/h2*7-11,15,21,27H,12-14H2,1-6H3;5-9,13,19,25-27H,10-12H2,1-4H3;5-9,13,21,25-27H,10-12H2,1-4H3;5-9,13,21H,10-12H2,1-4H3;3H,1-2H3;1H4. The second kappa shape index (κ2) is 51.7. The lowest BCUT2D eigenvalue weighted by atomic mass is 9.98. The van der Waals surface area contributed by atoms with Crippen LogP contribution in [0.2, 0.25) is 0 Å². The summed E-state index contributed by atoms with van der Waals surface area (Å²) >= 11 is 0. The zero-order valence-corrected chi connectivity index (χ0v) is 89.8. The fourth-order valence-electron chi connectivity index (χ4n) is 19.0. The molecule has 1 saturated heterocycles. The first-order chi connectivity index (χ1) is 69.4. The Morgan fingerprint density at radius 1 is 0.327 bits per heavy atom. The molecule has 30 heteroatoms. The minimum atomic E-state index is -0.584. The van der Waals surface area contributed by atoms with Gasteiger partial charge in [-0.15, -0.1) is 0 Å². The zero-order valence-electron chi connectivity index (χ0n) is 89.8. The normalized spacial score (nSPS) is 14.8. The van der Waals surface area contributed by atoms with E-state index in [1.807, 2.05) is 217 Å². The number of aliphatic hydroxyl groups is 4. The minimum Gasteiger partial charge on any atom is -0.508 e. The number of phenolic OH excluding ortho intramolecular Hbond substituents is 4. The number of carbonyl (C=O) groups is 5. The molecule has 1 fully saturated rings. The topological polar surface area (TPSA) is 356 Å². The molecule has 16 rings (SSSR count). The average molecular weight is 2020 g/mol. The van der Waals surface area contributed by atoms with Crippen LogP contribution < -0.4 is 33.7 Å². The Labute approximate surface area is 868 Å². The van der Waals surface area contributed by atoms with Gasteiger partial charge < -0.3 is 123 Å². The van der Waals surface area contributed by atoms with Gasteiger partial charge in [-0.1, -0.05) is 168 Å². The second-order valence-electron chi connectivity index (χ2n) is 40.7. The molecule has 0 radical (unpaired) electrons. The van der Waals surface area contributed by atoms with Crippen LogP contribution in [0.5, 0.6) is 57.5 Å². The molecule has 794 valence electrons. The lowest BCUT2D eigenvalue weighted by Crippen LogP contribution is -2.26. The molecule has 0 aromatic heterocycles. The Kier molecular flexibility index (Phi) is 40.8. The maximum absolute atomic E-state index is 13.4. The summed E-state index contributed by atoms with van der Waals surface area (Å²) in [4.78, 5) is 82.9. The van der Waals surface area contributed by atoms with Crippen molar-refractivity contribution in [3.63, 3.8) is 0 Å². The van der Waals surface area contributed by atoms with E-state index in [-0.39, 0.29) is 132 Å². The van der Waals surface area contributed by atoms with E-state index in [4.69, 9.17) is 33.2 Å². The van der Waals surface area contributed by atoms with Gasteiger partial charge in [0, 0.05) is 109 Å². The second-order valence-corrected chi connectivity index (χ2v) is 40.7. The number of fused-ring (bicyclic) bond motifs is 5. The number of methoxy groups -OCH3 is 6. The first-order valence-corrected chi connectivity index (χ1v) is 49.7. The van der Waals surface area contributed by atoms with Crippen molar-refractivity contribution in [1.29, 1.82) is 0 Å². The highest BCUT2D eigenvalue weighted by molar-refractivity contribution is 6.01. The molecule has 0 aliphatic carbocycles. The lowest BCUT2D eigenvalue weighted by Gasteiger charge is -2.23. The molecule has 0 spiro atoms. The third-order valence-corrected chi connectivity index (χ3v) is 27.3. The van der Waals surface area contributed by atoms with Gasteiger partial charge in [0.15, 0.2) is 0 Å². The summed E-state index contributed by atoms with van der Waals surface area (Å²) in [7, 11) is 28.8. The van der Waals surface area contributed by atoms with E-state index in [0.29, 0.717) is 124 Å². The number of aliphatic hydroxyl groups excluding tert-OH is 4. The van der Waals surface area contributed by atoms with E-state index in [2.05, 4.69) is 77.2 Å². The summed E-state index contributed by atoms with van der Waals surface area (Å²) in [6.07, 6.45) is -0.902. The number of rotatable bonds is 29. The predicted molar refractivity (Wildman–Crippen MR) is 573 cm³/mol. The van der Waals surface area contributed by atoms with Gasteiger partial charge in [-0.3, -0.25) is 24.0 Å². The van der Waals surface area contributed by atoms with Crippen molar-refractivity contribution in [2.24, 2.45) is 0 Å². The number of benzene rings is 10. The first-order valence-electron chi connectivity index (χ1n) is 49.7. The molecule has 5 amide bonds. The van der Waals surface area contributed by atoms with Crippen molar-refractivity contribution in [1.82, 2.24) is 49.4 Å². The van der Waals surface area contributed by atoms with Crippen LogP contribution in [0.4, 0.5) is 0 Å². The van der Waals surface area contributed by atoms with Crippen molar-refractivity contribution in [3.05, 3.63) is 291 Å². The molecule has 10 aromatic carbocycles. The van der Waals surface area contributed by atoms with Crippen LogP contribution in [0.1, 0.15) is 300 Å². The van der Waals surface area contributed by atoms with Gasteiger partial charge in [0.25, 0.3) is 29.5 Å². The summed E-state index contributed by atoms with van der Waals surface area (Å²) in [6.45, 7) is 27.3. The summed E-state index contributed by atoms with van der Waals surface area (Å²) in [5, 5.41) is 83.3. The van der Waals surface area contributed by atoms with Gasteiger partial charge in [-0.2, -0.15) is 0 Å². The summed E-state index contributed by atoms with van der Waals surface area (Å²) in [5.74, 6) is 3.42. The van der Waals surface area contributed by atoms with E-state index in [0.717, 1.165) is 107 Å². The van der Waals surface area contributed by atoms with E-state index in [1.54, 1.807) is 76.7 Å². The molecule has 6 heterocycles. The molecule has 10 aromatic rings. The number of nitrogens with one attached hydrogen (secondary N) is 1. The largest absolute Gasteiger partial charge is 0.508 e. The van der Waals surface area contributed by atoms with Crippen LogP contribution in [-0.2, 0) is 70.2 Å². The lowest BCUT2D eigenvalue weighted by molar-refractivity contribution is 0.0740. The molecule has 5 atom stereocenters. The van der Waals surface area contributed by atoms with Gasteiger partial charge in [-0.25, -0.2) is 0 Å². The van der Waals surface area contributed by atoms with Crippen LogP contribution >= 0.6 is 0 Å². The number of carbonyl (C=O) groups excluding carboxylic acids is 5. The molecule has 6 aliphatic heterocycles. The number of epoxide rings is 1. The van der Waals surface area contributed by atoms with E-state index in [1.165, 1.54) is 28.8 Å². The number of ether oxygens (including phenoxy) is 7. The van der Waals surface area contributed by atoms with Gasteiger partial charge in [-0.05, 0) is 242 Å². The number of phenols is 4. The number of hydrogen-bond acceptors (Lipinski definition) is 25. The maximum Gasteiger partial charge on any atom is 0.258 e. The summed E-state index contributed by atoms with van der Waals surface area (Å²) in [6, 6.07) is 47.0. The molecule has 0 bridgehead atoms. The quantitative estimate of drug-likeness (QED) is 0.0197. The Bertz CT molecular complexity index is 6270. The SMILES string of the molecule is C.CC(C)c1cc(C(=O)N2Cc3ccc(C(CO)N(C)C)cc3C2)c(O)cc1O.CC(C)c1cc(C(=O)N2Cc3ccc(C(O)CN(C)C)cc3C2)c(O)cc1O.CNC.COc1cc(OC)c(C(C)C)cc1C(=O)N1Cc2ccc(C(CO)N(C)C)cc2C1.COc1cc(OC)c(C(C)C)cc1C(=O)N1Cc2ccc(C(O)CN(C)C)cc2C1.COc1cc(OC)c(C(C)C)cc1C(=O)N1Cc2ccc(C3CO3)cc2C1. The van der Waals surface area contributed by atoms with Gasteiger partial charge in [0.05, 0.1) is 115 Å². The molecule has 0 saturated carbocycles. The third-order valence-electron chi connectivity index (χ3n) is 27.3. The molecule has 5 unspecified atom stereocenters. The van der Waals surface area contributed by atoms with Gasteiger partial charge in [0.1, 0.15) is 63.6 Å². The van der Waals surface area contributed by atoms with Crippen molar-refractivity contribution < 1.29 is 98.0 Å². The number of amides is 5. The first kappa shape index (κ1) is 116. The molecule has 147 heavy (non-hydrogen) atoms. The molecular weight excluding hydrogens is 1870 g/mol. The van der Waals surface area contributed by atoms with Crippen LogP contribution in [0.3, 0.4) is 0 Å². The smallest absolute Gasteiger partial charge is 0.258 e.